The highest BCUT2D eigenvalue weighted by molar-refractivity contribution is 6.02. The van der Waals surface area contributed by atoms with Crippen molar-refractivity contribution in [3.63, 3.8) is 0 Å². The van der Waals surface area contributed by atoms with E-state index in [0.29, 0.717) is 17.3 Å². The van der Waals surface area contributed by atoms with Crippen molar-refractivity contribution in [1.82, 2.24) is 14.8 Å². The molecule has 30 heavy (non-hydrogen) atoms. The van der Waals surface area contributed by atoms with E-state index >= 15 is 0 Å². The smallest absolute Gasteiger partial charge is 0.295 e. The van der Waals surface area contributed by atoms with E-state index in [1.54, 1.807) is 23.9 Å². The number of methoxy groups -OCH3 is 1. The Hall–Kier alpha value is -3.93. The lowest BCUT2D eigenvalue weighted by Crippen LogP contribution is -2.15. The maximum absolute atomic E-state index is 12.9. The second kappa shape index (κ2) is 8.21. The molecule has 1 amide bonds. The number of carbonyl (C=O) groups excluding carboxylic acids is 1. The van der Waals surface area contributed by atoms with Gasteiger partial charge < -0.3 is 10.1 Å². The fraction of sp³-hybridized carbons (Fsp3) is 0.125. The van der Waals surface area contributed by atoms with E-state index in [-0.39, 0.29) is 5.82 Å². The summed E-state index contributed by atoms with van der Waals surface area (Å²) in [5, 5.41) is 7.39. The number of benzene rings is 3. The molecular formula is C24H22N4O2. The first kappa shape index (κ1) is 19.4. The summed E-state index contributed by atoms with van der Waals surface area (Å²) in [6.45, 7) is 4.07. The largest absolute Gasteiger partial charge is 0.495 e. The van der Waals surface area contributed by atoms with Crippen molar-refractivity contribution in [3.05, 3.63) is 89.7 Å². The van der Waals surface area contributed by atoms with Crippen molar-refractivity contribution in [1.29, 1.82) is 0 Å². The maximum Gasteiger partial charge on any atom is 0.295 e. The van der Waals surface area contributed by atoms with Gasteiger partial charge in [0.05, 0.1) is 18.5 Å². The number of ether oxygens (including phenoxy) is 1. The van der Waals surface area contributed by atoms with Gasteiger partial charge in [0.2, 0.25) is 5.82 Å². The third-order valence-corrected chi connectivity index (χ3v) is 4.78. The summed E-state index contributed by atoms with van der Waals surface area (Å²) in [5.74, 6) is 0.857. The molecule has 6 nitrogen and oxygen atoms in total. The number of para-hydroxylation sites is 2. The van der Waals surface area contributed by atoms with Gasteiger partial charge in [0.25, 0.3) is 5.91 Å². The SMILES string of the molecule is COc1ccccc1NC(=O)c1nc(-c2ccccc2)n(-c2ccc(C)cc2C)n1. The summed E-state index contributed by atoms with van der Waals surface area (Å²) in [5.41, 5.74) is 4.53. The summed E-state index contributed by atoms with van der Waals surface area (Å²) in [6, 6.07) is 23.0. The first-order valence-electron chi connectivity index (χ1n) is 9.61. The van der Waals surface area contributed by atoms with Gasteiger partial charge in [-0.2, -0.15) is 0 Å². The zero-order valence-electron chi connectivity index (χ0n) is 17.1. The monoisotopic (exact) mass is 398 g/mol. The van der Waals surface area contributed by atoms with Gasteiger partial charge in [0.1, 0.15) is 5.75 Å². The first-order chi connectivity index (χ1) is 14.6. The molecule has 0 spiro atoms. The van der Waals surface area contributed by atoms with E-state index in [2.05, 4.69) is 21.5 Å². The molecule has 150 valence electrons. The summed E-state index contributed by atoms with van der Waals surface area (Å²) >= 11 is 0. The number of rotatable bonds is 5. The van der Waals surface area contributed by atoms with Crippen molar-refractivity contribution < 1.29 is 9.53 Å². The average Bonchev–Trinajstić information content (AvgIpc) is 3.20. The topological polar surface area (TPSA) is 69.0 Å². The van der Waals surface area contributed by atoms with E-state index in [1.807, 2.05) is 68.4 Å². The highest BCUT2D eigenvalue weighted by Crippen LogP contribution is 2.26. The van der Waals surface area contributed by atoms with Crippen LogP contribution in [0.4, 0.5) is 5.69 Å². The summed E-state index contributed by atoms with van der Waals surface area (Å²) in [7, 11) is 1.56. The van der Waals surface area contributed by atoms with Gasteiger partial charge in [0, 0.05) is 5.56 Å². The third-order valence-electron chi connectivity index (χ3n) is 4.78. The number of hydrogen-bond acceptors (Lipinski definition) is 4. The summed E-state index contributed by atoms with van der Waals surface area (Å²) in [6.07, 6.45) is 0. The second-order valence-corrected chi connectivity index (χ2v) is 6.98. The molecule has 0 atom stereocenters. The number of nitrogens with one attached hydrogen (secondary N) is 1. The first-order valence-corrected chi connectivity index (χ1v) is 9.61. The normalized spacial score (nSPS) is 10.6. The molecule has 3 aromatic carbocycles. The molecule has 1 heterocycles. The fourth-order valence-electron chi connectivity index (χ4n) is 3.32. The number of anilines is 1. The Morgan fingerprint density at radius 3 is 2.43 bits per heavy atom. The Kier molecular flexibility index (Phi) is 5.30. The lowest BCUT2D eigenvalue weighted by molar-refractivity contribution is 0.101. The van der Waals surface area contributed by atoms with Gasteiger partial charge >= 0.3 is 0 Å². The molecule has 0 aliphatic rings. The van der Waals surface area contributed by atoms with Gasteiger partial charge in [-0.05, 0) is 37.6 Å². The predicted octanol–water partition coefficient (Wildman–Crippen LogP) is 4.81. The highest BCUT2D eigenvalue weighted by Gasteiger charge is 2.20. The molecule has 4 rings (SSSR count). The molecule has 0 bridgehead atoms. The Labute approximate surface area is 175 Å². The van der Waals surface area contributed by atoms with Crippen molar-refractivity contribution in [2.45, 2.75) is 13.8 Å². The van der Waals surface area contributed by atoms with Crippen LogP contribution in [0, 0.1) is 13.8 Å². The van der Waals surface area contributed by atoms with Gasteiger partial charge in [-0.25, -0.2) is 9.67 Å². The third kappa shape index (κ3) is 3.80. The van der Waals surface area contributed by atoms with Crippen LogP contribution < -0.4 is 10.1 Å². The second-order valence-electron chi connectivity index (χ2n) is 6.98. The summed E-state index contributed by atoms with van der Waals surface area (Å²) < 4.78 is 7.04. The Bertz CT molecular complexity index is 1200. The zero-order valence-corrected chi connectivity index (χ0v) is 17.1. The molecule has 0 unspecified atom stereocenters. The Balaban J connectivity index is 1.78. The zero-order chi connectivity index (χ0) is 21.1. The lowest BCUT2D eigenvalue weighted by Gasteiger charge is -2.10. The maximum atomic E-state index is 12.9. The quantitative estimate of drug-likeness (QED) is 0.524. The molecule has 0 aliphatic heterocycles. The minimum Gasteiger partial charge on any atom is -0.495 e. The van der Waals surface area contributed by atoms with Crippen LogP contribution in [-0.2, 0) is 0 Å². The molecule has 0 fully saturated rings. The van der Waals surface area contributed by atoms with Gasteiger partial charge in [-0.1, -0.05) is 60.2 Å². The van der Waals surface area contributed by atoms with E-state index in [1.165, 1.54) is 0 Å². The minimum atomic E-state index is -0.403. The van der Waals surface area contributed by atoms with Crippen LogP contribution in [0.3, 0.4) is 0 Å². The molecule has 0 radical (unpaired) electrons. The van der Waals surface area contributed by atoms with Crippen molar-refractivity contribution >= 4 is 11.6 Å². The number of aryl methyl sites for hydroxylation is 2. The minimum absolute atomic E-state index is 0.0831. The van der Waals surface area contributed by atoms with Crippen LogP contribution in [0.1, 0.15) is 21.7 Å². The van der Waals surface area contributed by atoms with Crippen LogP contribution in [0.25, 0.3) is 17.1 Å². The van der Waals surface area contributed by atoms with Crippen LogP contribution >= 0.6 is 0 Å². The molecule has 1 aromatic heterocycles. The fourth-order valence-corrected chi connectivity index (χ4v) is 3.32. The van der Waals surface area contributed by atoms with Crippen molar-refractivity contribution in [2.75, 3.05) is 12.4 Å². The Morgan fingerprint density at radius 2 is 1.70 bits per heavy atom. The van der Waals surface area contributed by atoms with Gasteiger partial charge in [-0.3, -0.25) is 4.79 Å². The number of nitrogens with zero attached hydrogens (tertiary/aromatic N) is 3. The molecule has 0 saturated heterocycles. The molecule has 1 N–H and O–H groups in total. The predicted molar refractivity (Wildman–Crippen MR) is 117 cm³/mol. The van der Waals surface area contributed by atoms with Crippen LogP contribution in [-0.4, -0.2) is 27.8 Å². The number of hydrogen-bond donors (Lipinski definition) is 1. The van der Waals surface area contributed by atoms with Gasteiger partial charge in [0.15, 0.2) is 5.82 Å². The van der Waals surface area contributed by atoms with Crippen molar-refractivity contribution in [3.8, 4) is 22.8 Å². The van der Waals surface area contributed by atoms with Crippen LogP contribution in [0.2, 0.25) is 0 Å². The number of amides is 1. The average molecular weight is 398 g/mol. The molecule has 0 aliphatic carbocycles. The van der Waals surface area contributed by atoms with E-state index in [9.17, 15) is 4.79 Å². The van der Waals surface area contributed by atoms with Crippen LogP contribution in [0.15, 0.2) is 72.8 Å². The van der Waals surface area contributed by atoms with E-state index in [0.717, 1.165) is 22.4 Å². The van der Waals surface area contributed by atoms with Crippen molar-refractivity contribution in [2.24, 2.45) is 0 Å². The molecule has 4 aromatic rings. The molecule has 6 heteroatoms. The van der Waals surface area contributed by atoms with Crippen LogP contribution in [0.5, 0.6) is 5.75 Å². The van der Waals surface area contributed by atoms with E-state index < -0.39 is 5.91 Å². The standard InChI is InChI=1S/C24H22N4O2/c1-16-13-14-20(17(2)15-16)28-23(18-9-5-4-6-10-18)26-22(27-28)24(29)25-19-11-7-8-12-21(19)30-3/h4-15H,1-3H3,(H,25,29). The van der Waals surface area contributed by atoms with Gasteiger partial charge in [-0.15, -0.1) is 5.10 Å². The summed E-state index contributed by atoms with van der Waals surface area (Å²) in [4.78, 5) is 17.5. The van der Waals surface area contributed by atoms with E-state index in [4.69, 9.17) is 4.74 Å². The molecular weight excluding hydrogens is 376 g/mol. The Morgan fingerprint density at radius 1 is 0.967 bits per heavy atom. The lowest BCUT2D eigenvalue weighted by atomic mass is 10.1. The highest BCUT2D eigenvalue weighted by atomic mass is 16.5. The molecule has 0 saturated carbocycles. The number of carbonyl (C=O) groups is 1. The number of aromatic nitrogens is 3.